The van der Waals surface area contributed by atoms with Gasteiger partial charge in [-0.3, -0.25) is 0 Å². The Morgan fingerprint density at radius 2 is 1.86 bits per heavy atom. The van der Waals surface area contributed by atoms with Crippen molar-refractivity contribution in [3.8, 4) is 0 Å². The Hall–Kier alpha value is -0.560. The first-order valence-corrected chi connectivity index (χ1v) is 9.58. The van der Waals surface area contributed by atoms with Gasteiger partial charge in [0.1, 0.15) is 5.83 Å². The number of rotatable bonds is 6. The molecule has 7 heteroatoms. The van der Waals surface area contributed by atoms with Crippen molar-refractivity contribution in [2.75, 3.05) is 12.3 Å². The van der Waals surface area contributed by atoms with Gasteiger partial charge in [0.15, 0.2) is 9.84 Å². The molecule has 2 rings (SSSR count). The Kier molecular flexibility index (Phi) is 7.89. The Morgan fingerprint density at radius 1 is 1.27 bits per heavy atom. The van der Waals surface area contributed by atoms with Gasteiger partial charge in [-0.1, -0.05) is 12.8 Å². The first-order chi connectivity index (χ1) is 10.0. The van der Waals surface area contributed by atoms with E-state index >= 15 is 0 Å². The highest BCUT2D eigenvalue weighted by Crippen LogP contribution is 2.30. The van der Waals surface area contributed by atoms with Gasteiger partial charge in [0, 0.05) is 17.2 Å². The molecule has 1 aliphatic rings. The van der Waals surface area contributed by atoms with Crippen LogP contribution in [0, 0.1) is 0 Å². The highest BCUT2D eigenvalue weighted by molar-refractivity contribution is 7.99. The van der Waals surface area contributed by atoms with E-state index in [0.717, 1.165) is 30.6 Å². The number of benzene rings is 1. The van der Waals surface area contributed by atoms with Crippen molar-refractivity contribution in [3.63, 3.8) is 0 Å². The van der Waals surface area contributed by atoms with E-state index in [0.29, 0.717) is 4.90 Å². The average molecular weight is 366 g/mol. The van der Waals surface area contributed by atoms with Crippen LogP contribution in [0.1, 0.15) is 25.7 Å². The molecule has 2 N–H and O–H groups in total. The monoisotopic (exact) mass is 365 g/mol. The molecule has 124 valence electrons. The Bertz CT molecular complexity index is 596. The van der Waals surface area contributed by atoms with E-state index < -0.39 is 9.84 Å². The number of thioether (sulfide) groups is 1. The third-order valence-electron chi connectivity index (χ3n) is 3.61. The number of hydrogen-bond acceptors (Lipinski definition) is 4. The summed E-state index contributed by atoms with van der Waals surface area (Å²) in [4.78, 5) is 1.22. The minimum Gasteiger partial charge on any atom is -0.327 e. The molecule has 1 aliphatic carbocycles. The van der Waals surface area contributed by atoms with Crippen LogP contribution in [0.4, 0.5) is 4.39 Å². The van der Waals surface area contributed by atoms with Gasteiger partial charge in [-0.05, 0) is 43.2 Å². The highest BCUT2D eigenvalue weighted by atomic mass is 35.5. The summed E-state index contributed by atoms with van der Waals surface area (Å²) in [5.41, 5.74) is 5.23. The zero-order valence-electron chi connectivity index (χ0n) is 12.2. The first kappa shape index (κ1) is 19.5. The second-order valence-electron chi connectivity index (χ2n) is 5.10. The zero-order chi connectivity index (χ0) is 15.3. The van der Waals surface area contributed by atoms with Crippen LogP contribution in [0.2, 0.25) is 0 Å². The SMILES string of the molecule is Cl.NC/C=C(/F)CSc1ccc(S(=O)(=O)C2CCCC2)cc1. The number of halogens is 2. The van der Waals surface area contributed by atoms with Crippen molar-refractivity contribution in [2.45, 2.75) is 40.7 Å². The lowest BCUT2D eigenvalue weighted by atomic mass is 10.4. The standard InChI is InChI=1S/C15H20FNO2S2.ClH/c16-12(9-10-17)11-20-13-5-7-15(8-6-13)21(18,19)14-3-1-2-4-14;/h5-9,14H,1-4,10-11,17H2;1H/b12-9+;. The van der Waals surface area contributed by atoms with E-state index in [-0.39, 0.29) is 35.8 Å². The molecule has 0 aliphatic heterocycles. The number of nitrogens with two attached hydrogens (primary N) is 1. The lowest BCUT2D eigenvalue weighted by molar-refractivity contribution is 0.579. The van der Waals surface area contributed by atoms with Crippen LogP contribution in [0.5, 0.6) is 0 Å². The minimum absolute atomic E-state index is 0. The number of sulfone groups is 1. The summed E-state index contributed by atoms with van der Waals surface area (Å²) < 4.78 is 38.0. The lowest BCUT2D eigenvalue weighted by Gasteiger charge is -2.11. The van der Waals surface area contributed by atoms with Gasteiger partial charge < -0.3 is 5.73 Å². The van der Waals surface area contributed by atoms with Crippen LogP contribution in [0.3, 0.4) is 0 Å². The molecule has 1 saturated carbocycles. The summed E-state index contributed by atoms with van der Waals surface area (Å²) in [6.07, 6.45) is 4.84. The summed E-state index contributed by atoms with van der Waals surface area (Å²) >= 11 is 1.33. The van der Waals surface area contributed by atoms with Crippen molar-refractivity contribution in [2.24, 2.45) is 5.73 Å². The van der Waals surface area contributed by atoms with Gasteiger partial charge in [-0.2, -0.15) is 0 Å². The normalized spacial score (nSPS) is 16.5. The van der Waals surface area contributed by atoms with E-state index in [1.165, 1.54) is 17.8 Å². The van der Waals surface area contributed by atoms with E-state index in [2.05, 4.69) is 0 Å². The van der Waals surface area contributed by atoms with Gasteiger partial charge in [-0.15, -0.1) is 24.2 Å². The largest absolute Gasteiger partial charge is 0.327 e. The quantitative estimate of drug-likeness (QED) is 0.780. The van der Waals surface area contributed by atoms with Crippen LogP contribution in [0.25, 0.3) is 0 Å². The molecule has 22 heavy (non-hydrogen) atoms. The minimum atomic E-state index is -3.21. The number of hydrogen-bond donors (Lipinski definition) is 1. The van der Waals surface area contributed by atoms with Crippen LogP contribution in [-0.2, 0) is 9.84 Å². The van der Waals surface area contributed by atoms with Crippen molar-refractivity contribution >= 4 is 34.0 Å². The van der Waals surface area contributed by atoms with E-state index in [9.17, 15) is 12.8 Å². The molecule has 1 aromatic rings. The molecule has 0 unspecified atom stereocenters. The molecule has 0 heterocycles. The van der Waals surface area contributed by atoms with Gasteiger partial charge in [-0.25, -0.2) is 12.8 Å². The summed E-state index contributed by atoms with van der Waals surface area (Å²) in [6, 6.07) is 6.73. The highest BCUT2D eigenvalue weighted by Gasteiger charge is 2.29. The summed E-state index contributed by atoms with van der Waals surface area (Å²) in [5, 5.41) is -0.235. The summed E-state index contributed by atoms with van der Waals surface area (Å²) in [7, 11) is -3.21. The average Bonchev–Trinajstić information content (AvgIpc) is 3.01. The van der Waals surface area contributed by atoms with Crippen LogP contribution >= 0.6 is 24.2 Å². The van der Waals surface area contributed by atoms with Crippen LogP contribution in [0.15, 0.2) is 46.0 Å². The fourth-order valence-corrected chi connectivity index (χ4v) is 5.06. The molecule has 3 nitrogen and oxygen atoms in total. The third-order valence-corrected chi connectivity index (χ3v) is 6.91. The smallest absolute Gasteiger partial charge is 0.181 e. The van der Waals surface area contributed by atoms with Gasteiger partial charge in [0.05, 0.1) is 10.1 Å². The predicted octanol–water partition coefficient (Wildman–Crippen LogP) is 3.73. The van der Waals surface area contributed by atoms with Gasteiger partial charge in [0.2, 0.25) is 0 Å². The van der Waals surface area contributed by atoms with Crippen molar-refractivity contribution in [1.29, 1.82) is 0 Å². The van der Waals surface area contributed by atoms with E-state index in [4.69, 9.17) is 5.73 Å². The molecule has 0 amide bonds. The molecule has 1 fully saturated rings. The maximum absolute atomic E-state index is 13.2. The van der Waals surface area contributed by atoms with Gasteiger partial charge >= 0.3 is 0 Å². The maximum atomic E-state index is 13.2. The Labute approximate surface area is 141 Å². The second-order valence-corrected chi connectivity index (χ2v) is 8.38. The van der Waals surface area contributed by atoms with Crippen molar-refractivity contribution in [3.05, 3.63) is 36.2 Å². The maximum Gasteiger partial charge on any atom is 0.181 e. The zero-order valence-corrected chi connectivity index (χ0v) is 14.7. The third kappa shape index (κ3) is 4.98. The molecular weight excluding hydrogens is 345 g/mol. The Morgan fingerprint density at radius 3 is 2.41 bits per heavy atom. The topological polar surface area (TPSA) is 60.2 Å². The first-order valence-electron chi connectivity index (χ1n) is 7.05. The van der Waals surface area contributed by atoms with Gasteiger partial charge in [0.25, 0.3) is 0 Å². The van der Waals surface area contributed by atoms with E-state index in [1.807, 2.05) is 0 Å². The van der Waals surface area contributed by atoms with E-state index in [1.54, 1.807) is 24.3 Å². The molecule has 0 atom stereocenters. The molecule has 0 aromatic heterocycles. The molecule has 0 radical (unpaired) electrons. The van der Waals surface area contributed by atoms with Crippen molar-refractivity contribution in [1.82, 2.24) is 0 Å². The molecule has 0 saturated heterocycles. The molecule has 0 spiro atoms. The predicted molar refractivity (Wildman–Crippen MR) is 92.1 cm³/mol. The lowest BCUT2D eigenvalue weighted by Crippen LogP contribution is -2.17. The van der Waals surface area contributed by atoms with Crippen LogP contribution < -0.4 is 5.73 Å². The fraction of sp³-hybridized carbons (Fsp3) is 0.467. The second kappa shape index (κ2) is 8.91. The molecule has 1 aromatic carbocycles. The molecular formula is C15H21ClFNO2S2. The summed E-state index contributed by atoms with van der Waals surface area (Å²) in [5.74, 6) is -0.0449. The summed E-state index contributed by atoms with van der Waals surface area (Å²) in [6.45, 7) is 0.185. The van der Waals surface area contributed by atoms with Crippen LogP contribution in [-0.4, -0.2) is 26.0 Å². The fourth-order valence-electron chi connectivity index (χ4n) is 2.46. The molecule has 0 bridgehead atoms. The van der Waals surface area contributed by atoms with Crippen molar-refractivity contribution < 1.29 is 12.8 Å². The Balaban J connectivity index is 0.00000242.